The van der Waals surface area contributed by atoms with E-state index >= 15 is 0 Å². The normalized spacial score (nSPS) is 13.2. The minimum absolute atomic E-state index is 0.218. The quantitative estimate of drug-likeness (QED) is 0.358. The summed E-state index contributed by atoms with van der Waals surface area (Å²) in [5.74, 6) is 0.436. The maximum atomic E-state index is 9.71. The number of fused-ring (bicyclic) bond motifs is 1. The number of aryl methyl sites for hydroxylation is 1. The number of hydrazone groups is 1. The zero-order valence-corrected chi connectivity index (χ0v) is 18.2. The fraction of sp³-hybridized carbons (Fsp3) is 0.107. The van der Waals surface area contributed by atoms with E-state index < -0.39 is 0 Å². The van der Waals surface area contributed by atoms with E-state index in [0.717, 1.165) is 42.0 Å². The van der Waals surface area contributed by atoms with E-state index in [0.29, 0.717) is 0 Å². The third kappa shape index (κ3) is 4.53. The lowest BCUT2D eigenvalue weighted by Crippen LogP contribution is -2.24. The molecule has 5 nitrogen and oxygen atoms in total. The van der Waals surface area contributed by atoms with Crippen LogP contribution in [0.3, 0.4) is 0 Å². The fourth-order valence-electron chi connectivity index (χ4n) is 4.13. The van der Waals surface area contributed by atoms with Crippen molar-refractivity contribution < 1.29 is 10.2 Å². The highest BCUT2D eigenvalue weighted by Gasteiger charge is 2.15. The molecule has 0 unspecified atom stereocenters. The Morgan fingerprint density at radius 2 is 1.24 bits per heavy atom. The number of rotatable bonds is 5. The number of hydrogen-bond acceptors (Lipinski definition) is 5. The third-order valence-electron chi connectivity index (χ3n) is 5.80. The molecule has 0 atom stereocenters. The van der Waals surface area contributed by atoms with Crippen LogP contribution in [0.2, 0.25) is 0 Å². The zero-order valence-electron chi connectivity index (χ0n) is 18.2. The van der Waals surface area contributed by atoms with Crippen molar-refractivity contribution in [1.29, 1.82) is 0 Å². The molecule has 0 aromatic heterocycles. The molecule has 5 rings (SSSR count). The first-order valence-corrected chi connectivity index (χ1v) is 11.0. The molecule has 1 heterocycles. The molecule has 0 saturated heterocycles. The van der Waals surface area contributed by atoms with Gasteiger partial charge in [-0.05, 0) is 90.7 Å². The SMILES string of the molecule is Oc1ccc(N(c2ccc(O)cc2)c2ccc(/C=N\N3CCCc4ccccc43)cc2)cc1. The van der Waals surface area contributed by atoms with Gasteiger partial charge in [-0.15, -0.1) is 0 Å². The second-order valence-electron chi connectivity index (χ2n) is 8.06. The number of phenolic OH excluding ortho intramolecular Hbond substituents is 2. The second-order valence-corrected chi connectivity index (χ2v) is 8.06. The van der Waals surface area contributed by atoms with Crippen molar-refractivity contribution in [2.45, 2.75) is 12.8 Å². The van der Waals surface area contributed by atoms with Crippen molar-refractivity contribution in [2.75, 3.05) is 16.5 Å². The van der Waals surface area contributed by atoms with Crippen LogP contribution in [0.1, 0.15) is 17.5 Å². The highest BCUT2D eigenvalue weighted by molar-refractivity contribution is 5.83. The topological polar surface area (TPSA) is 59.3 Å². The van der Waals surface area contributed by atoms with Crippen LogP contribution >= 0.6 is 0 Å². The summed E-state index contributed by atoms with van der Waals surface area (Å²) >= 11 is 0. The summed E-state index contributed by atoms with van der Waals surface area (Å²) in [6.07, 6.45) is 4.10. The van der Waals surface area contributed by atoms with Crippen molar-refractivity contribution in [2.24, 2.45) is 5.10 Å². The van der Waals surface area contributed by atoms with Gasteiger partial charge in [0.25, 0.3) is 0 Å². The van der Waals surface area contributed by atoms with Gasteiger partial charge in [-0.2, -0.15) is 5.10 Å². The van der Waals surface area contributed by atoms with Gasteiger partial charge in [0.2, 0.25) is 0 Å². The molecule has 2 N–H and O–H groups in total. The van der Waals surface area contributed by atoms with Gasteiger partial charge in [-0.25, -0.2) is 0 Å². The lowest BCUT2D eigenvalue weighted by atomic mass is 10.0. The fourth-order valence-corrected chi connectivity index (χ4v) is 4.13. The van der Waals surface area contributed by atoms with Gasteiger partial charge in [0.1, 0.15) is 11.5 Å². The van der Waals surface area contributed by atoms with Crippen molar-refractivity contribution in [3.63, 3.8) is 0 Å². The average Bonchev–Trinajstić information content (AvgIpc) is 2.86. The van der Waals surface area contributed by atoms with E-state index in [1.807, 2.05) is 54.7 Å². The molecular formula is C28H25N3O2. The van der Waals surface area contributed by atoms with Crippen molar-refractivity contribution in [3.8, 4) is 11.5 Å². The molecule has 0 aliphatic carbocycles. The minimum atomic E-state index is 0.218. The second kappa shape index (κ2) is 9.09. The van der Waals surface area contributed by atoms with Gasteiger partial charge in [0, 0.05) is 23.6 Å². The first kappa shape index (κ1) is 20.6. The summed E-state index contributed by atoms with van der Waals surface area (Å²) in [7, 11) is 0. The molecular weight excluding hydrogens is 410 g/mol. The van der Waals surface area contributed by atoms with E-state index in [1.165, 1.54) is 11.3 Å². The molecule has 0 spiro atoms. The first-order chi connectivity index (χ1) is 16.2. The van der Waals surface area contributed by atoms with Crippen LogP contribution in [0, 0.1) is 0 Å². The Bertz CT molecular complexity index is 1200. The highest BCUT2D eigenvalue weighted by atomic mass is 16.3. The summed E-state index contributed by atoms with van der Waals surface area (Å²) in [6, 6.07) is 30.8. The third-order valence-corrected chi connectivity index (χ3v) is 5.80. The molecule has 0 radical (unpaired) electrons. The first-order valence-electron chi connectivity index (χ1n) is 11.0. The van der Waals surface area contributed by atoms with Crippen LogP contribution in [0.25, 0.3) is 0 Å². The average molecular weight is 436 g/mol. The summed E-state index contributed by atoms with van der Waals surface area (Å²) in [6.45, 7) is 0.918. The largest absolute Gasteiger partial charge is 0.508 e. The predicted molar refractivity (Wildman–Crippen MR) is 134 cm³/mol. The smallest absolute Gasteiger partial charge is 0.115 e. The maximum absolute atomic E-state index is 9.71. The van der Waals surface area contributed by atoms with Crippen molar-refractivity contribution in [1.82, 2.24) is 0 Å². The lowest BCUT2D eigenvalue weighted by Gasteiger charge is -2.26. The number of phenols is 2. The summed E-state index contributed by atoms with van der Waals surface area (Å²) in [5.41, 5.74) is 6.32. The van der Waals surface area contributed by atoms with Crippen LogP contribution in [0.15, 0.2) is 102 Å². The molecule has 5 heteroatoms. The van der Waals surface area contributed by atoms with Crippen LogP contribution in [0.5, 0.6) is 11.5 Å². The van der Waals surface area contributed by atoms with Gasteiger partial charge < -0.3 is 15.1 Å². The molecule has 1 aliphatic rings. The summed E-state index contributed by atoms with van der Waals surface area (Å²) in [5, 5.41) is 26.2. The van der Waals surface area contributed by atoms with Gasteiger partial charge in [0.05, 0.1) is 11.9 Å². The van der Waals surface area contributed by atoms with Gasteiger partial charge in [0.15, 0.2) is 0 Å². The minimum Gasteiger partial charge on any atom is -0.508 e. The number of hydrogen-bond donors (Lipinski definition) is 2. The number of benzene rings is 4. The molecule has 33 heavy (non-hydrogen) atoms. The Hall–Kier alpha value is -4.25. The van der Waals surface area contributed by atoms with E-state index in [1.54, 1.807) is 24.3 Å². The number of anilines is 4. The number of aromatic hydroxyl groups is 2. The maximum Gasteiger partial charge on any atom is 0.115 e. The van der Waals surface area contributed by atoms with Crippen LogP contribution in [-0.4, -0.2) is 23.0 Å². The standard InChI is InChI=1S/C28H25N3O2/c32-26-15-11-24(12-16-26)31(25-13-17-27(33)18-14-25)23-9-7-21(8-10-23)20-29-30-19-3-5-22-4-1-2-6-28(22)30/h1-2,4,6-18,20,32-33H,3,5,19H2/b29-20-. The Labute approximate surface area is 193 Å². The molecule has 4 aromatic rings. The van der Waals surface area contributed by atoms with E-state index in [2.05, 4.69) is 34.2 Å². The van der Waals surface area contributed by atoms with E-state index in [-0.39, 0.29) is 11.5 Å². The Morgan fingerprint density at radius 1 is 0.697 bits per heavy atom. The zero-order chi connectivity index (χ0) is 22.6. The number of para-hydroxylation sites is 1. The van der Waals surface area contributed by atoms with Crippen molar-refractivity contribution >= 4 is 29.0 Å². The molecule has 0 bridgehead atoms. The van der Waals surface area contributed by atoms with Gasteiger partial charge in [-0.3, -0.25) is 5.01 Å². The molecule has 164 valence electrons. The summed E-state index contributed by atoms with van der Waals surface area (Å²) < 4.78 is 0. The monoisotopic (exact) mass is 435 g/mol. The Kier molecular flexibility index (Phi) is 5.68. The molecule has 4 aromatic carbocycles. The van der Waals surface area contributed by atoms with Crippen LogP contribution < -0.4 is 9.91 Å². The van der Waals surface area contributed by atoms with E-state index in [4.69, 9.17) is 5.10 Å². The molecule has 0 amide bonds. The van der Waals surface area contributed by atoms with Gasteiger partial charge >= 0.3 is 0 Å². The Morgan fingerprint density at radius 3 is 1.85 bits per heavy atom. The molecule has 1 aliphatic heterocycles. The van der Waals surface area contributed by atoms with Gasteiger partial charge in [-0.1, -0.05) is 30.3 Å². The van der Waals surface area contributed by atoms with Crippen molar-refractivity contribution in [3.05, 3.63) is 108 Å². The van der Waals surface area contributed by atoms with E-state index in [9.17, 15) is 10.2 Å². The van der Waals surface area contributed by atoms with Crippen LogP contribution in [0.4, 0.5) is 22.7 Å². The Balaban J connectivity index is 1.42. The molecule has 0 saturated carbocycles. The predicted octanol–water partition coefficient (Wildman–Crippen LogP) is 6.35. The van der Waals surface area contributed by atoms with Crippen LogP contribution in [-0.2, 0) is 6.42 Å². The summed E-state index contributed by atoms with van der Waals surface area (Å²) in [4.78, 5) is 2.07. The molecule has 0 fully saturated rings. The lowest BCUT2D eigenvalue weighted by molar-refractivity contribution is 0.475. The number of nitrogens with zero attached hydrogens (tertiary/aromatic N) is 3. The highest BCUT2D eigenvalue weighted by Crippen LogP contribution is 2.36.